The molecule has 0 aliphatic carbocycles. The molecular weight excluding hydrogens is 296 g/mol. The molecule has 0 heterocycles. The molecule has 0 aliphatic heterocycles. The molecule has 0 aliphatic rings. The summed E-state index contributed by atoms with van der Waals surface area (Å²) in [7, 11) is 0. The van der Waals surface area contributed by atoms with Crippen molar-refractivity contribution in [3.63, 3.8) is 0 Å². The van der Waals surface area contributed by atoms with Crippen LogP contribution in [0.25, 0.3) is 0 Å². The van der Waals surface area contributed by atoms with Crippen LogP contribution in [0.2, 0.25) is 0 Å². The van der Waals surface area contributed by atoms with Crippen molar-refractivity contribution in [1.82, 2.24) is 0 Å². The Labute approximate surface area is 116 Å². The summed E-state index contributed by atoms with van der Waals surface area (Å²) in [5.41, 5.74) is 12.2. The lowest BCUT2D eigenvalue weighted by molar-refractivity contribution is -0.118. The summed E-state index contributed by atoms with van der Waals surface area (Å²) in [5.74, 6) is 0.533. The van der Waals surface area contributed by atoms with Crippen molar-refractivity contribution < 1.29 is 9.53 Å². The van der Waals surface area contributed by atoms with Crippen molar-refractivity contribution >= 4 is 21.8 Å². The Balaban J connectivity index is 2.62. The van der Waals surface area contributed by atoms with Crippen molar-refractivity contribution in [2.75, 3.05) is 6.61 Å². The van der Waals surface area contributed by atoms with E-state index in [1.165, 1.54) is 0 Å². The maximum absolute atomic E-state index is 10.7. The highest BCUT2D eigenvalue weighted by Crippen LogP contribution is 2.29. The number of nitrogens with two attached hydrogens (primary N) is 2. The third kappa shape index (κ3) is 4.66. The molecule has 4 nitrogen and oxygen atoms in total. The van der Waals surface area contributed by atoms with Gasteiger partial charge in [0.15, 0.2) is 0 Å². The zero-order chi connectivity index (χ0) is 13.5. The smallest absolute Gasteiger partial charge is 0.217 e. The maximum atomic E-state index is 10.7. The second-order valence-electron chi connectivity index (χ2n) is 4.08. The van der Waals surface area contributed by atoms with E-state index in [4.69, 9.17) is 16.2 Å². The predicted octanol–water partition coefficient (Wildman–Crippen LogP) is 2.50. The van der Waals surface area contributed by atoms with Crippen molar-refractivity contribution in [2.24, 2.45) is 11.5 Å². The zero-order valence-electron chi connectivity index (χ0n) is 10.5. The number of carbonyl (C=O) groups excluding carboxylic acids is 1. The van der Waals surface area contributed by atoms with E-state index < -0.39 is 0 Å². The summed E-state index contributed by atoms with van der Waals surface area (Å²) in [6.07, 6.45) is 1.81. The maximum Gasteiger partial charge on any atom is 0.217 e. The minimum absolute atomic E-state index is 0.102. The average molecular weight is 315 g/mol. The second-order valence-corrected chi connectivity index (χ2v) is 4.94. The van der Waals surface area contributed by atoms with Gasteiger partial charge >= 0.3 is 0 Å². The van der Waals surface area contributed by atoms with Crippen molar-refractivity contribution in [2.45, 2.75) is 32.2 Å². The first-order chi connectivity index (χ1) is 8.54. The van der Waals surface area contributed by atoms with Gasteiger partial charge in [-0.05, 0) is 37.5 Å². The van der Waals surface area contributed by atoms with Crippen molar-refractivity contribution in [3.8, 4) is 5.75 Å². The van der Waals surface area contributed by atoms with Crippen LogP contribution in [-0.4, -0.2) is 12.5 Å². The van der Waals surface area contributed by atoms with Crippen LogP contribution in [-0.2, 0) is 4.79 Å². The molecule has 0 spiro atoms. The molecule has 1 unspecified atom stereocenters. The van der Waals surface area contributed by atoms with Gasteiger partial charge in [0.2, 0.25) is 5.91 Å². The second kappa shape index (κ2) is 7.38. The van der Waals surface area contributed by atoms with Crippen molar-refractivity contribution in [3.05, 3.63) is 28.2 Å². The molecule has 1 amide bonds. The summed E-state index contributed by atoms with van der Waals surface area (Å²) in [6.45, 7) is 2.58. The van der Waals surface area contributed by atoms with Gasteiger partial charge in [-0.15, -0.1) is 0 Å². The van der Waals surface area contributed by atoms with E-state index in [0.29, 0.717) is 19.4 Å². The standard InChI is InChI=1S/C13H19BrN2O2/c1-2-18-9-6-7-10(11(14)8-9)12(15)4-3-5-13(16)17/h6-8,12H,2-5,15H2,1H3,(H2,16,17). The Bertz CT molecular complexity index is 410. The van der Waals surface area contributed by atoms with Crippen LogP contribution < -0.4 is 16.2 Å². The van der Waals surface area contributed by atoms with E-state index in [1.807, 2.05) is 25.1 Å². The lowest BCUT2D eigenvalue weighted by atomic mass is 10.0. The van der Waals surface area contributed by atoms with Gasteiger partial charge in [-0.2, -0.15) is 0 Å². The number of benzene rings is 1. The molecule has 1 aromatic carbocycles. The topological polar surface area (TPSA) is 78.3 Å². The summed E-state index contributed by atoms with van der Waals surface area (Å²) in [6, 6.07) is 5.66. The van der Waals surface area contributed by atoms with Gasteiger partial charge in [0.05, 0.1) is 6.61 Å². The molecule has 0 fully saturated rings. The Kier molecular flexibility index (Phi) is 6.15. The molecule has 4 N–H and O–H groups in total. The average Bonchev–Trinajstić information content (AvgIpc) is 2.28. The summed E-state index contributed by atoms with van der Waals surface area (Å²) in [5, 5.41) is 0. The van der Waals surface area contributed by atoms with Gasteiger partial charge in [-0.1, -0.05) is 22.0 Å². The molecule has 0 bridgehead atoms. The van der Waals surface area contributed by atoms with Gasteiger partial charge in [0, 0.05) is 16.9 Å². The number of hydrogen-bond donors (Lipinski definition) is 2. The minimum atomic E-state index is -0.284. The molecule has 5 heteroatoms. The molecule has 1 atom stereocenters. The highest BCUT2D eigenvalue weighted by Gasteiger charge is 2.11. The number of amides is 1. The molecule has 1 aromatic rings. The summed E-state index contributed by atoms with van der Waals surface area (Å²) < 4.78 is 6.33. The van der Waals surface area contributed by atoms with Crippen LogP contribution in [0.15, 0.2) is 22.7 Å². The molecule has 0 radical (unpaired) electrons. The Hall–Kier alpha value is -1.07. The van der Waals surface area contributed by atoms with E-state index >= 15 is 0 Å². The highest BCUT2D eigenvalue weighted by molar-refractivity contribution is 9.10. The van der Waals surface area contributed by atoms with Gasteiger partial charge in [0.25, 0.3) is 0 Å². The van der Waals surface area contributed by atoms with Gasteiger partial charge in [-0.25, -0.2) is 0 Å². The number of halogens is 1. The van der Waals surface area contributed by atoms with Crippen LogP contribution in [0.5, 0.6) is 5.75 Å². The first kappa shape index (κ1) is 15.0. The van der Waals surface area contributed by atoms with Crippen molar-refractivity contribution in [1.29, 1.82) is 0 Å². The van der Waals surface area contributed by atoms with Crippen LogP contribution in [0.1, 0.15) is 37.8 Å². The molecular formula is C13H19BrN2O2. The monoisotopic (exact) mass is 314 g/mol. The van der Waals surface area contributed by atoms with E-state index in [1.54, 1.807) is 0 Å². The molecule has 0 saturated carbocycles. The van der Waals surface area contributed by atoms with Gasteiger partial charge in [0.1, 0.15) is 5.75 Å². The lowest BCUT2D eigenvalue weighted by Crippen LogP contribution is -2.14. The number of primary amides is 1. The van der Waals surface area contributed by atoms with Crippen LogP contribution in [0, 0.1) is 0 Å². The normalized spacial score (nSPS) is 12.2. The molecule has 1 rings (SSSR count). The third-order valence-corrected chi connectivity index (χ3v) is 3.31. The number of ether oxygens (including phenoxy) is 1. The molecule has 0 saturated heterocycles. The fourth-order valence-electron chi connectivity index (χ4n) is 1.72. The number of carbonyl (C=O) groups is 1. The minimum Gasteiger partial charge on any atom is -0.494 e. The summed E-state index contributed by atoms with van der Waals surface area (Å²) >= 11 is 3.49. The first-order valence-electron chi connectivity index (χ1n) is 6.00. The molecule has 0 aromatic heterocycles. The van der Waals surface area contributed by atoms with Gasteiger partial charge in [-0.3, -0.25) is 4.79 Å². The SMILES string of the molecule is CCOc1ccc(C(N)CCCC(N)=O)c(Br)c1. The van der Waals surface area contributed by atoms with Crippen LogP contribution in [0.4, 0.5) is 0 Å². The number of hydrogen-bond acceptors (Lipinski definition) is 3. The summed E-state index contributed by atoms with van der Waals surface area (Å²) in [4.78, 5) is 10.7. The largest absolute Gasteiger partial charge is 0.494 e. The lowest BCUT2D eigenvalue weighted by Gasteiger charge is -2.14. The van der Waals surface area contributed by atoms with Crippen LogP contribution in [0.3, 0.4) is 0 Å². The number of rotatable bonds is 7. The Morgan fingerprint density at radius 1 is 1.50 bits per heavy atom. The van der Waals surface area contributed by atoms with E-state index in [0.717, 1.165) is 22.2 Å². The zero-order valence-corrected chi connectivity index (χ0v) is 12.1. The predicted molar refractivity (Wildman–Crippen MR) is 75.3 cm³/mol. The fraction of sp³-hybridized carbons (Fsp3) is 0.462. The fourth-order valence-corrected chi connectivity index (χ4v) is 2.37. The highest BCUT2D eigenvalue weighted by atomic mass is 79.9. The van der Waals surface area contributed by atoms with E-state index in [9.17, 15) is 4.79 Å². The van der Waals surface area contributed by atoms with E-state index in [-0.39, 0.29) is 11.9 Å². The Morgan fingerprint density at radius 3 is 2.78 bits per heavy atom. The quantitative estimate of drug-likeness (QED) is 0.811. The van der Waals surface area contributed by atoms with Crippen LogP contribution >= 0.6 is 15.9 Å². The van der Waals surface area contributed by atoms with Gasteiger partial charge < -0.3 is 16.2 Å². The molecule has 100 valence electrons. The first-order valence-corrected chi connectivity index (χ1v) is 6.80. The van der Waals surface area contributed by atoms with E-state index in [2.05, 4.69) is 15.9 Å². The third-order valence-electron chi connectivity index (χ3n) is 2.62. The molecule has 18 heavy (non-hydrogen) atoms. The Morgan fingerprint density at radius 2 is 2.22 bits per heavy atom.